The Labute approximate surface area is 120 Å². The second kappa shape index (κ2) is 8.18. The van der Waals surface area contributed by atoms with Crippen molar-refractivity contribution in [3.05, 3.63) is 24.3 Å². The average molecular weight is 274 g/mol. The molecule has 5 nitrogen and oxygen atoms in total. The third-order valence-corrected chi connectivity index (χ3v) is 3.10. The van der Waals surface area contributed by atoms with Crippen molar-refractivity contribution in [1.29, 1.82) is 5.26 Å². The fourth-order valence-electron chi connectivity index (χ4n) is 1.89. The van der Waals surface area contributed by atoms with Crippen molar-refractivity contribution in [1.82, 2.24) is 4.90 Å². The van der Waals surface area contributed by atoms with Gasteiger partial charge in [-0.25, -0.2) is 0 Å². The molecule has 1 rings (SSSR count). The van der Waals surface area contributed by atoms with Gasteiger partial charge in [-0.15, -0.1) is 0 Å². The molecule has 0 saturated heterocycles. The van der Waals surface area contributed by atoms with E-state index in [0.717, 1.165) is 0 Å². The number of para-hydroxylation sites is 2. The molecule has 0 spiro atoms. The maximum atomic E-state index is 11.9. The Morgan fingerprint density at radius 3 is 2.70 bits per heavy atom. The number of carbonyl (C=O) groups is 1. The van der Waals surface area contributed by atoms with Crippen LogP contribution in [0.3, 0.4) is 0 Å². The minimum absolute atomic E-state index is 0.0643. The summed E-state index contributed by atoms with van der Waals surface area (Å²) in [6.45, 7) is 5.45. The van der Waals surface area contributed by atoms with E-state index in [1.54, 1.807) is 12.1 Å². The van der Waals surface area contributed by atoms with E-state index >= 15 is 0 Å². The quantitative estimate of drug-likeness (QED) is 0.747. The number of hydrogen-bond donors (Lipinski definition) is 2. The van der Waals surface area contributed by atoms with Gasteiger partial charge in [0.15, 0.2) is 0 Å². The maximum Gasteiger partial charge on any atom is 0.225 e. The van der Waals surface area contributed by atoms with Crippen LogP contribution in [0.25, 0.3) is 0 Å². The minimum Gasteiger partial charge on any atom is -0.397 e. The summed E-state index contributed by atoms with van der Waals surface area (Å²) in [4.78, 5) is 14.0. The van der Waals surface area contributed by atoms with Crippen LogP contribution in [-0.4, -0.2) is 29.9 Å². The monoisotopic (exact) mass is 274 g/mol. The highest BCUT2D eigenvalue weighted by molar-refractivity contribution is 5.93. The first-order valence-electron chi connectivity index (χ1n) is 6.80. The molecule has 20 heavy (non-hydrogen) atoms. The second-order valence-corrected chi connectivity index (χ2v) is 4.92. The van der Waals surface area contributed by atoms with E-state index < -0.39 is 0 Å². The molecule has 0 aromatic heterocycles. The van der Waals surface area contributed by atoms with Crippen LogP contribution < -0.4 is 11.1 Å². The van der Waals surface area contributed by atoms with Crippen LogP contribution in [0.15, 0.2) is 24.3 Å². The lowest BCUT2D eigenvalue weighted by Crippen LogP contribution is -2.34. The molecule has 1 aromatic carbocycles. The highest BCUT2D eigenvalue weighted by Crippen LogP contribution is 2.16. The zero-order valence-corrected chi connectivity index (χ0v) is 12.1. The Hall–Kier alpha value is -2.06. The maximum absolute atomic E-state index is 11.9. The van der Waals surface area contributed by atoms with E-state index in [1.807, 2.05) is 12.1 Å². The lowest BCUT2D eigenvalue weighted by molar-refractivity contribution is -0.116. The standard InChI is InChI=1S/C15H22N4O/c1-12(2)19(10-5-9-16)11-8-15(20)18-14-7-4-3-6-13(14)17/h3-4,6-7,12H,5,8,10-11,17H2,1-2H3,(H,18,20). The van der Waals surface area contributed by atoms with Gasteiger partial charge in [0.25, 0.3) is 0 Å². The number of amides is 1. The molecular formula is C15H22N4O. The smallest absolute Gasteiger partial charge is 0.225 e. The van der Waals surface area contributed by atoms with Gasteiger partial charge in [-0.1, -0.05) is 12.1 Å². The van der Waals surface area contributed by atoms with Gasteiger partial charge < -0.3 is 11.1 Å². The number of carbonyl (C=O) groups excluding carboxylic acids is 1. The van der Waals surface area contributed by atoms with Crippen LogP contribution in [0.5, 0.6) is 0 Å². The molecule has 0 atom stereocenters. The lowest BCUT2D eigenvalue weighted by atomic mass is 10.2. The number of nitrogen functional groups attached to an aromatic ring is 1. The normalized spacial score (nSPS) is 10.6. The van der Waals surface area contributed by atoms with Crippen LogP contribution in [0.2, 0.25) is 0 Å². The van der Waals surface area contributed by atoms with E-state index in [4.69, 9.17) is 11.0 Å². The van der Waals surface area contributed by atoms with E-state index in [1.165, 1.54) is 0 Å². The molecule has 0 aliphatic heterocycles. The zero-order chi connectivity index (χ0) is 15.0. The molecule has 1 amide bonds. The first-order chi connectivity index (χ1) is 9.54. The summed E-state index contributed by atoms with van der Waals surface area (Å²) in [5, 5.41) is 11.4. The fraction of sp³-hybridized carbons (Fsp3) is 0.467. The first kappa shape index (κ1) is 16.0. The highest BCUT2D eigenvalue weighted by Gasteiger charge is 2.12. The summed E-state index contributed by atoms with van der Waals surface area (Å²) in [6, 6.07) is 9.64. The third-order valence-electron chi connectivity index (χ3n) is 3.10. The molecule has 0 bridgehead atoms. The van der Waals surface area contributed by atoms with Crippen molar-refractivity contribution in [2.75, 3.05) is 24.1 Å². The van der Waals surface area contributed by atoms with Gasteiger partial charge in [-0.05, 0) is 26.0 Å². The van der Waals surface area contributed by atoms with Crippen LogP contribution in [0.4, 0.5) is 11.4 Å². The SMILES string of the molecule is CC(C)N(CCC#N)CCC(=O)Nc1ccccc1N. The molecular weight excluding hydrogens is 252 g/mol. The zero-order valence-electron chi connectivity index (χ0n) is 12.1. The number of nitrogens with one attached hydrogen (secondary N) is 1. The first-order valence-corrected chi connectivity index (χ1v) is 6.80. The largest absolute Gasteiger partial charge is 0.397 e. The number of anilines is 2. The summed E-state index contributed by atoms with van der Waals surface area (Å²) >= 11 is 0. The summed E-state index contributed by atoms with van der Waals surface area (Å²) in [7, 11) is 0. The Balaban J connectivity index is 2.46. The number of nitrogens with zero attached hydrogens (tertiary/aromatic N) is 2. The van der Waals surface area contributed by atoms with Crippen LogP contribution >= 0.6 is 0 Å². The van der Waals surface area contributed by atoms with Crippen molar-refractivity contribution >= 4 is 17.3 Å². The average Bonchev–Trinajstić information content (AvgIpc) is 2.41. The van der Waals surface area contributed by atoms with Crippen molar-refractivity contribution in [3.8, 4) is 6.07 Å². The van der Waals surface area contributed by atoms with Gasteiger partial charge in [0.1, 0.15) is 0 Å². The number of hydrogen-bond acceptors (Lipinski definition) is 4. The van der Waals surface area contributed by atoms with Crippen molar-refractivity contribution in [2.45, 2.75) is 32.7 Å². The Morgan fingerprint density at radius 2 is 2.10 bits per heavy atom. The topological polar surface area (TPSA) is 82.2 Å². The van der Waals surface area contributed by atoms with E-state index in [2.05, 4.69) is 30.1 Å². The molecule has 1 aromatic rings. The highest BCUT2D eigenvalue weighted by atomic mass is 16.1. The minimum atomic E-state index is -0.0643. The number of nitrogens with two attached hydrogens (primary N) is 1. The molecule has 0 heterocycles. The van der Waals surface area contributed by atoms with Crippen molar-refractivity contribution in [3.63, 3.8) is 0 Å². The van der Waals surface area contributed by atoms with Gasteiger partial charge in [0.2, 0.25) is 5.91 Å². The number of benzene rings is 1. The van der Waals surface area contributed by atoms with Crippen LogP contribution in [0.1, 0.15) is 26.7 Å². The van der Waals surface area contributed by atoms with Crippen molar-refractivity contribution < 1.29 is 4.79 Å². The molecule has 0 unspecified atom stereocenters. The van der Waals surface area contributed by atoms with Crippen molar-refractivity contribution in [2.24, 2.45) is 0 Å². The molecule has 0 radical (unpaired) electrons. The van der Waals surface area contributed by atoms with E-state index in [0.29, 0.717) is 43.3 Å². The predicted molar refractivity (Wildman–Crippen MR) is 81.0 cm³/mol. The fourth-order valence-corrected chi connectivity index (χ4v) is 1.89. The van der Waals surface area contributed by atoms with Gasteiger partial charge in [-0.3, -0.25) is 9.69 Å². The molecule has 3 N–H and O–H groups in total. The predicted octanol–water partition coefficient (Wildman–Crippen LogP) is 2.22. The lowest BCUT2D eigenvalue weighted by Gasteiger charge is -2.25. The van der Waals surface area contributed by atoms with Crippen LogP contribution in [-0.2, 0) is 4.79 Å². The summed E-state index contributed by atoms with van der Waals surface area (Å²) in [6.07, 6.45) is 0.864. The molecule has 108 valence electrons. The molecule has 5 heteroatoms. The molecule has 0 aliphatic rings. The molecule has 0 saturated carbocycles. The summed E-state index contributed by atoms with van der Waals surface area (Å²) in [5.41, 5.74) is 6.98. The summed E-state index contributed by atoms with van der Waals surface area (Å²) < 4.78 is 0. The van der Waals surface area contributed by atoms with Gasteiger partial charge in [-0.2, -0.15) is 5.26 Å². The second-order valence-electron chi connectivity index (χ2n) is 4.92. The van der Waals surface area contributed by atoms with E-state index in [9.17, 15) is 4.79 Å². The molecule has 0 aliphatic carbocycles. The van der Waals surface area contributed by atoms with Gasteiger partial charge >= 0.3 is 0 Å². The number of rotatable bonds is 7. The Bertz CT molecular complexity index is 479. The van der Waals surface area contributed by atoms with Crippen LogP contribution in [0, 0.1) is 11.3 Å². The Morgan fingerprint density at radius 1 is 1.40 bits per heavy atom. The molecule has 0 fully saturated rings. The van der Waals surface area contributed by atoms with Gasteiger partial charge in [0.05, 0.1) is 17.4 Å². The van der Waals surface area contributed by atoms with E-state index in [-0.39, 0.29) is 5.91 Å². The van der Waals surface area contributed by atoms with Gasteiger partial charge in [0, 0.05) is 32.0 Å². The summed E-state index contributed by atoms with van der Waals surface area (Å²) in [5.74, 6) is -0.0643. The third kappa shape index (κ3) is 5.29. The Kier molecular flexibility index (Phi) is 6.54. The number of nitriles is 1.